The standard InChI is InChI=1S/C13H16N2O2/c1-8(2)12-9(3)15-7-10(13(16)17-4)5-6-11(15)14-12/h5-8H,1-4H3. The number of hydrogen-bond donors (Lipinski definition) is 0. The number of hydrogen-bond acceptors (Lipinski definition) is 3. The van der Waals surface area contributed by atoms with Gasteiger partial charge in [0.2, 0.25) is 0 Å². The molecule has 4 nitrogen and oxygen atoms in total. The number of aromatic nitrogens is 2. The number of carbonyl (C=O) groups excluding carboxylic acids is 1. The summed E-state index contributed by atoms with van der Waals surface area (Å²) in [6.07, 6.45) is 1.77. The predicted molar refractivity (Wildman–Crippen MR) is 65.4 cm³/mol. The minimum atomic E-state index is -0.328. The van der Waals surface area contributed by atoms with Crippen molar-refractivity contribution in [3.05, 3.63) is 35.3 Å². The molecule has 2 heterocycles. The molecule has 0 atom stereocenters. The third-order valence-electron chi connectivity index (χ3n) is 2.86. The Morgan fingerprint density at radius 1 is 1.41 bits per heavy atom. The first-order valence-electron chi connectivity index (χ1n) is 5.61. The van der Waals surface area contributed by atoms with E-state index in [9.17, 15) is 4.79 Å². The number of esters is 1. The largest absolute Gasteiger partial charge is 0.465 e. The number of pyridine rings is 1. The van der Waals surface area contributed by atoms with Gasteiger partial charge in [-0.15, -0.1) is 0 Å². The van der Waals surface area contributed by atoms with E-state index in [2.05, 4.69) is 18.8 Å². The summed E-state index contributed by atoms with van der Waals surface area (Å²) in [5.41, 5.74) is 3.53. The van der Waals surface area contributed by atoms with Gasteiger partial charge in [0.25, 0.3) is 0 Å². The summed E-state index contributed by atoms with van der Waals surface area (Å²) in [6.45, 7) is 6.22. The van der Waals surface area contributed by atoms with Crippen molar-refractivity contribution in [2.24, 2.45) is 0 Å². The van der Waals surface area contributed by atoms with Gasteiger partial charge in [-0.3, -0.25) is 0 Å². The summed E-state index contributed by atoms with van der Waals surface area (Å²) in [5, 5.41) is 0. The monoisotopic (exact) mass is 232 g/mol. The van der Waals surface area contributed by atoms with Crippen LogP contribution in [0.4, 0.5) is 0 Å². The third-order valence-corrected chi connectivity index (χ3v) is 2.86. The van der Waals surface area contributed by atoms with Gasteiger partial charge in [-0.25, -0.2) is 9.78 Å². The van der Waals surface area contributed by atoms with Crippen molar-refractivity contribution in [2.45, 2.75) is 26.7 Å². The van der Waals surface area contributed by atoms with Crippen molar-refractivity contribution in [2.75, 3.05) is 7.11 Å². The molecule has 2 aromatic rings. The van der Waals surface area contributed by atoms with Gasteiger partial charge in [-0.1, -0.05) is 13.8 Å². The SMILES string of the molecule is COC(=O)c1ccc2nc(C(C)C)c(C)n2c1. The summed E-state index contributed by atoms with van der Waals surface area (Å²) >= 11 is 0. The van der Waals surface area contributed by atoms with Crippen molar-refractivity contribution < 1.29 is 9.53 Å². The maximum atomic E-state index is 11.5. The number of rotatable bonds is 2. The molecular weight excluding hydrogens is 216 g/mol. The summed E-state index contributed by atoms with van der Waals surface area (Å²) in [6, 6.07) is 3.57. The average Bonchev–Trinajstić information content (AvgIpc) is 2.65. The molecule has 0 radical (unpaired) electrons. The second kappa shape index (κ2) is 4.20. The van der Waals surface area contributed by atoms with Crippen LogP contribution in [-0.2, 0) is 4.74 Å². The van der Waals surface area contributed by atoms with E-state index >= 15 is 0 Å². The van der Waals surface area contributed by atoms with Gasteiger partial charge in [0.15, 0.2) is 0 Å². The lowest BCUT2D eigenvalue weighted by Crippen LogP contribution is -2.03. The van der Waals surface area contributed by atoms with E-state index in [4.69, 9.17) is 4.74 Å². The predicted octanol–water partition coefficient (Wildman–Crippen LogP) is 2.55. The molecule has 0 spiro atoms. The highest BCUT2D eigenvalue weighted by Gasteiger charge is 2.13. The zero-order chi connectivity index (χ0) is 12.6. The molecule has 17 heavy (non-hydrogen) atoms. The Balaban J connectivity index is 2.61. The Morgan fingerprint density at radius 2 is 2.12 bits per heavy atom. The molecule has 0 aliphatic rings. The fraction of sp³-hybridized carbons (Fsp3) is 0.385. The van der Waals surface area contributed by atoms with Gasteiger partial charge in [0, 0.05) is 11.9 Å². The highest BCUT2D eigenvalue weighted by molar-refractivity contribution is 5.89. The Morgan fingerprint density at radius 3 is 2.71 bits per heavy atom. The van der Waals surface area contributed by atoms with Crippen molar-refractivity contribution >= 4 is 11.6 Å². The molecule has 0 N–H and O–H groups in total. The van der Waals surface area contributed by atoms with E-state index in [0.717, 1.165) is 17.0 Å². The van der Waals surface area contributed by atoms with Crippen LogP contribution in [0, 0.1) is 6.92 Å². The van der Waals surface area contributed by atoms with Gasteiger partial charge in [-0.2, -0.15) is 0 Å². The minimum Gasteiger partial charge on any atom is -0.465 e. The number of imidazole rings is 1. The highest BCUT2D eigenvalue weighted by atomic mass is 16.5. The molecule has 0 aliphatic carbocycles. The molecule has 0 fully saturated rings. The quantitative estimate of drug-likeness (QED) is 0.747. The lowest BCUT2D eigenvalue weighted by molar-refractivity contribution is 0.0600. The van der Waals surface area contributed by atoms with Gasteiger partial charge >= 0.3 is 5.97 Å². The van der Waals surface area contributed by atoms with Crippen LogP contribution >= 0.6 is 0 Å². The van der Waals surface area contributed by atoms with E-state index in [1.165, 1.54) is 7.11 Å². The molecule has 0 aliphatic heterocycles. The van der Waals surface area contributed by atoms with Crippen LogP contribution in [-0.4, -0.2) is 22.5 Å². The van der Waals surface area contributed by atoms with Crippen molar-refractivity contribution in [1.29, 1.82) is 0 Å². The highest BCUT2D eigenvalue weighted by Crippen LogP contribution is 2.20. The van der Waals surface area contributed by atoms with Crippen LogP contribution in [0.5, 0.6) is 0 Å². The van der Waals surface area contributed by atoms with Gasteiger partial charge in [0.1, 0.15) is 5.65 Å². The summed E-state index contributed by atoms with van der Waals surface area (Å²) < 4.78 is 6.64. The number of methoxy groups -OCH3 is 1. The molecule has 0 aromatic carbocycles. The number of fused-ring (bicyclic) bond motifs is 1. The molecule has 2 aromatic heterocycles. The first-order chi connectivity index (χ1) is 8.04. The first-order valence-corrected chi connectivity index (χ1v) is 5.61. The normalized spacial score (nSPS) is 11.1. The lowest BCUT2D eigenvalue weighted by Gasteiger charge is -2.03. The third kappa shape index (κ3) is 1.90. The van der Waals surface area contributed by atoms with E-state index in [0.29, 0.717) is 11.5 Å². The molecule has 0 saturated heterocycles. The van der Waals surface area contributed by atoms with Crippen molar-refractivity contribution in [1.82, 2.24) is 9.38 Å². The Kier molecular flexibility index (Phi) is 2.88. The molecule has 0 unspecified atom stereocenters. The van der Waals surface area contributed by atoms with Crippen LogP contribution in [0.25, 0.3) is 5.65 Å². The number of carbonyl (C=O) groups is 1. The van der Waals surface area contributed by atoms with E-state index in [1.807, 2.05) is 17.4 Å². The number of nitrogens with zero attached hydrogens (tertiary/aromatic N) is 2. The summed E-state index contributed by atoms with van der Waals surface area (Å²) in [7, 11) is 1.38. The Labute approximate surface area is 100 Å². The van der Waals surface area contributed by atoms with Crippen LogP contribution in [0.15, 0.2) is 18.3 Å². The van der Waals surface area contributed by atoms with E-state index in [-0.39, 0.29) is 5.97 Å². The lowest BCUT2D eigenvalue weighted by atomic mass is 10.1. The maximum absolute atomic E-state index is 11.5. The Bertz CT molecular complexity index is 570. The fourth-order valence-electron chi connectivity index (χ4n) is 1.97. The fourth-order valence-corrected chi connectivity index (χ4v) is 1.97. The average molecular weight is 232 g/mol. The van der Waals surface area contributed by atoms with Crippen LogP contribution < -0.4 is 0 Å². The zero-order valence-corrected chi connectivity index (χ0v) is 10.5. The zero-order valence-electron chi connectivity index (χ0n) is 10.5. The topological polar surface area (TPSA) is 43.6 Å². The van der Waals surface area contributed by atoms with Crippen molar-refractivity contribution in [3.8, 4) is 0 Å². The molecular formula is C13H16N2O2. The number of aryl methyl sites for hydroxylation is 1. The van der Waals surface area contributed by atoms with E-state index < -0.39 is 0 Å². The smallest absolute Gasteiger partial charge is 0.339 e. The first kappa shape index (κ1) is 11.6. The van der Waals surface area contributed by atoms with Gasteiger partial charge < -0.3 is 9.14 Å². The molecule has 4 heteroatoms. The van der Waals surface area contributed by atoms with Gasteiger partial charge in [0.05, 0.1) is 18.4 Å². The maximum Gasteiger partial charge on any atom is 0.339 e. The molecule has 0 amide bonds. The van der Waals surface area contributed by atoms with Gasteiger partial charge in [-0.05, 0) is 25.0 Å². The summed E-state index contributed by atoms with van der Waals surface area (Å²) in [4.78, 5) is 16.0. The minimum absolute atomic E-state index is 0.328. The van der Waals surface area contributed by atoms with Crippen LogP contribution in [0.2, 0.25) is 0 Å². The molecule has 2 rings (SSSR count). The molecule has 0 saturated carbocycles. The van der Waals surface area contributed by atoms with Crippen LogP contribution in [0.3, 0.4) is 0 Å². The molecule has 0 bridgehead atoms. The second-order valence-electron chi connectivity index (χ2n) is 4.37. The second-order valence-corrected chi connectivity index (χ2v) is 4.37. The number of ether oxygens (including phenoxy) is 1. The van der Waals surface area contributed by atoms with Crippen molar-refractivity contribution in [3.63, 3.8) is 0 Å². The summed E-state index contributed by atoms with van der Waals surface area (Å²) in [5.74, 6) is 0.0440. The van der Waals surface area contributed by atoms with E-state index in [1.54, 1.807) is 12.3 Å². The van der Waals surface area contributed by atoms with Crippen LogP contribution in [0.1, 0.15) is 41.5 Å². The molecule has 90 valence electrons. The Hall–Kier alpha value is -1.84.